The lowest BCUT2D eigenvalue weighted by molar-refractivity contribution is -0.0508. The highest BCUT2D eigenvalue weighted by atomic mass is 16.3. The molecule has 0 aliphatic heterocycles. The summed E-state index contributed by atoms with van der Waals surface area (Å²) in [6.45, 7) is 9.26. The van der Waals surface area contributed by atoms with Gasteiger partial charge in [-0.15, -0.1) is 0 Å². The maximum absolute atomic E-state index is 10.2. The molecule has 168 valence electrons. The predicted octanol–water partition coefficient (Wildman–Crippen LogP) is 8.17. The Bertz CT molecular complexity index is 595. The molecule has 0 heterocycles. The van der Waals surface area contributed by atoms with Gasteiger partial charge in [-0.3, -0.25) is 0 Å². The van der Waals surface area contributed by atoms with Gasteiger partial charge in [0.1, 0.15) is 0 Å². The summed E-state index contributed by atoms with van der Waals surface area (Å²) in [6.07, 6.45) is 22.1. The molecule has 0 saturated heterocycles. The van der Waals surface area contributed by atoms with Crippen molar-refractivity contribution in [2.24, 2.45) is 40.4 Å². The fraction of sp³-hybridized carbons (Fsp3) is 0.929. The quantitative estimate of drug-likeness (QED) is 0.363. The smallest absolute Gasteiger partial charge is 0.0577 e. The van der Waals surface area contributed by atoms with Crippen LogP contribution in [0.2, 0.25) is 0 Å². The normalized spacial score (nSPS) is 46.0. The molecule has 1 nitrogen and oxygen atoms in total. The van der Waals surface area contributed by atoms with Crippen LogP contribution in [0.5, 0.6) is 0 Å². The minimum absolute atomic E-state index is 0. The van der Waals surface area contributed by atoms with Gasteiger partial charge in [-0.2, -0.15) is 0 Å². The van der Waals surface area contributed by atoms with Gasteiger partial charge >= 0.3 is 0 Å². The van der Waals surface area contributed by atoms with Gasteiger partial charge in [0.05, 0.1) is 6.10 Å². The third-order valence-electron chi connectivity index (χ3n) is 10.4. The van der Waals surface area contributed by atoms with Crippen LogP contribution in [-0.2, 0) is 0 Å². The van der Waals surface area contributed by atoms with Crippen molar-refractivity contribution in [1.29, 1.82) is 0 Å². The van der Waals surface area contributed by atoms with Crippen LogP contribution < -0.4 is 0 Å². The van der Waals surface area contributed by atoms with Crippen molar-refractivity contribution >= 4 is 0 Å². The van der Waals surface area contributed by atoms with E-state index in [0.717, 1.165) is 42.4 Å². The number of allylic oxidation sites excluding steroid dienone is 1. The summed E-state index contributed by atoms with van der Waals surface area (Å²) in [7, 11) is 0. The van der Waals surface area contributed by atoms with Gasteiger partial charge in [0.2, 0.25) is 0 Å². The average Bonchev–Trinajstić information content (AvgIpc) is 3.49. The molecule has 29 heavy (non-hydrogen) atoms. The van der Waals surface area contributed by atoms with Crippen molar-refractivity contribution in [1.82, 2.24) is 0 Å². The molecule has 4 fully saturated rings. The van der Waals surface area contributed by atoms with E-state index >= 15 is 0 Å². The minimum Gasteiger partial charge on any atom is -0.393 e. The highest BCUT2D eigenvalue weighted by molar-refractivity contribution is 5.25. The predicted molar refractivity (Wildman–Crippen MR) is 126 cm³/mol. The van der Waals surface area contributed by atoms with E-state index in [1.807, 2.05) is 13.8 Å². The Labute approximate surface area is 182 Å². The topological polar surface area (TPSA) is 20.2 Å². The molecule has 5 aliphatic rings. The van der Waals surface area contributed by atoms with Gasteiger partial charge in [-0.1, -0.05) is 71.4 Å². The molecular formula is C28H50O. The Hall–Kier alpha value is -0.300. The second-order valence-electron chi connectivity index (χ2n) is 11.7. The molecule has 1 N–H and O–H groups in total. The van der Waals surface area contributed by atoms with Crippen molar-refractivity contribution in [3.63, 3.8) is 0 Å². The highest BCUT2D eigenvalue weighted by Crippen LogP contribution is 2.66. The molecule has 0 aromatic carbocycles. The van der Waals surface area contributed by atoms with Gasteiger partial charge in [-0.05, 0) is 98.2 Å². The van der Waals surface area contributed by atoms with Crippen LogP contribution >= 0.6 is 0 Å². The SMILES string of the molecule is CC.CC12CCC(O)CC1=CCC1C2CCC2(C)C(CCCCC3CC3)CCC12.[HH]. The lowest BCUT2D eigenvalue weighted by Gasteiger charge is -2.58. The Balaban J connectivity index is 0.000000830. The number of aliphatic hydroxyl groups excluding tert-OH is 1. The molecule has 0 bridgehead atoms. The first-order chi connectivity index (χ1) is 14.0. The number of fused-ring (bicyclic) bond motifs is 5. The fourth-order valence-electron chi connectivity index (χ4n) is 8.45. The maximum Gasteiger partial charge on any atom is 0.0577 e. The molecule has 4 saturated carbocycles. The lowest BCUT2D eigenvalue weighted by atomic mass is 9.47. The van der Waals surface area contributed by atoms with Gasteiger partial charge in [0, 0.05) is 1.43 Å². The van der Waals surface area contributed by atoms with Crippen molar-refractivity contribution in [3.8, 4) is 0 Å². The van der Waals surface area contributed by atoms with Crippen LogP contribution in [0, 0.1) is 40.4 Å². The monoisotopic (exact) mass is 402 g/mol. The van der Waals surface area contributed by atoms with E-state index in [0.29, 0.717) is 10.8 Å². The second-order valence-corrected chi connectivity index (χ2v) is 11.7. The minimum atomic E-state index is -0.0683. The Morgan fingerprint density at radius 1 is 0.931 bits per heavy atom. The van der Waals surface area contributed by atoms with E-state index in [-0.39, 0.29) is 7.53 Å². The molecule has 0 amide bonds. The average molecular weight is 403 g/mol. The summed E-state index contributed by atoms with van der Waals surface area (Å²) in [6, 6.07) is 0. The van der Waals surface area contributed by atoms with E-state index in [2.05, 4.69) is 19.9 Å². The van der Waals surface area contributed by atoms with Gasteiger partial charge in [0.25, 0.3) is 0 Å². The number of aliphatic hydroxyl groups is 1. The Morgan fingerprint density at radius 3 is 2.45 bits per heavy atom. The lowest BCUT2D eigenvalue weighted by Crippen LogP contribution is -2.50. The van der Waals surface area contributed by atoms with Crippen LogP contribution in [0.4, 0.5) is 0 Å². The molecule has 0 radical (unpaired) electrons. The van der Waals surface area contributed by atoms with Crippen LogP contribution in [0.1, 0.15) is 119 Å². The molecule has 0 aromatic rings. The zero-order valence-corrected chi connectivity index (χ0v) is 19.9. The molecular weight excluding hydrogens is 352 g/mol. The van der Waals surface area contributed by atoms with Gasteiger partial charge < -0.3 is 5.11 Å². The maximum atomic E-state index is 10.2. The number of hydrogen-bond acceptors (Lipinski definition) is 1. The molecule has 7 unspecified atom stereocenters. The summed E-state index contributed by atoms with van der Waals surface area (Å²) in [4.78, 5) is 0. The first kappa shape index (κ1) is 21.9. The second kappa shape index (κ2) is 8.68. The summed E-state index contributed by atoms with van der Waals surface area (Å²) >= 11 is 0. The van der Waals surface area contributed by atoms with Gasteiger partial charge in [-0.25, -0.2) is 0 Å². The third-order valence-corrected chi connectivity index (χ3v) is 10.4. The highest BCUT2D eigenvalue weighted by Gasteiger charge is 2.58. The molecule has 0 aromatic heterocycles. The number of unbranched alkanes of at least 4 members (excludes halogenated alkanes) is 1. The van der Waals surface area contributed by atoms with E-state index in [1.54, 1.807) is 5.57 Å². The van der Waals surface area contributed by atoms with E-state index in [1.165, 1.54) is 77.0 Å². The zero-order valence-electron chi connectivity index (χ0n) is 19.9. The zero-order chi connectivity index (χ0) is 20.6. The van der Waals surface area contributed by atoms with Crippen LogP contribution in [0.25, 0.3) is 0 Å². The van der Waals surface area contributed by atoms with E-state index in [4.69, 9.17) is 0 Å². The van der Waals surface area contributed by atoms with Gasteiger partial charge in [0.15, 0.2) is 0 Å². The van der Waals surface area contributed by atoms with Crippen LogP contribution in [-0.4, -0.2) is 11.2 Å². The molecule has 5 rings (SSSR count). The third kappa shape index (κ3) is 3.99. The molecule has 0 spiro atoms. The summed E-state index contributed by atoms with van der Waals surface area (Å²) in [5, 5.41) is 10.2. The van der Waals surface area contributed by atoms with Crippen molar-refractivity contribution in [3.05, 3.63) is 11.6 Å². The summed E-state index contributed by atoms with van der Waals surface area (Å²) in [5.74, 6) is 4.94. The summed E-state index contributed by atoms with van der Waals surface area (Å²) in [5.41, 5.74) is 2.67. The number of hydrogen-bond donors (Lipinski definition) is 1. The molecule has 7 atom stereocenters. The largest absolute Gasteiger partial charge is 0.393 e. The van der Waals surface area contributed by atoms with Crippen molar-refractivity contribution < 1.29 is 6.53 Å². The Morgan fingerprint density at radius 2 is 1.69 bits per heavy atom. The van der Waals surface area contributed by atoms with Crippen molar-refractivity contribution in [2.45, 2.75) is 124 Å². The fourth-order valence-corrected chi connectivity index (χ4v) is 8.45. The first-order valence-corrected chi connectivity index (χ1v) is 13.4. The van der Waals surface area contributed by atoms with Crippen LogP contribution in [0.3, 0.4) is 0 Å². The first-order valence-electron chi connectivity index (χ1n) is 13.4. The number of rotatable bonds is 5. The van der Waals surface area contributed by atoms with Crippen LogP contribution in [0.15, 0.2) is 11.6 Å². The molecule has 5 aliphatic carbocycles. The van der Waals surface area contributed by atoms with Crippen molar-refractivity contribution in [2.75, 3.05) is 0 Å². The Kier molecular flexibility index (Phi) is 6.56. The molecule has 1 heteroatoms. The van der Waals surface area contributed by atoms with E-state index in [9.17, 15) is 5.11 Å². The van der Waals surface area contributed by atoms with E-state index < -0.39 is 0 Å². The standard InChI is InChI=1S/C26H42O.C2H6.H2/c1-25-16-14-24-22(11-9-20-17-21(27)13-15-26(20,24)2)23(25)12-10-19(25)6-4-3-5-18-7-8-18;1-2;/h9,18-19,21-24,27H,3-8,10-17H2,1-2H3;1-2H3;1H. The summed E-state index contributed by atoms with van der Waals surface area (Å²) < 4.78 is 0.